The number of hydrogen-bond acceptors (Lipinski definition) is 9. The molecule has 0 unspecified atom stereocenters. The van der Waals surface area contributed by atoms with Gasteiger partial charge in [0.15, 0.2) is 0 Å². The number of benzene rings is 1. The van der Waals surface area contributed by atoms with E-state index in [1.165, 1.54) is 50.6 Å². The lowest BCUT2D eigenvalue weighted by molar-refractivity contribution is -0.136. The molecule has 3 amide bonds. The topological polar surface area (TPSA) is 127 Å². The lowest BCUT2D eigenvalue weighted by Gasteiger charge is -2.34. The van der Waals surface area contributed by atoms with Crippen LogP contribution < -0.4 is 20.4 Å². The summed E-state index contributed by atoms with van der Waals surface area (Å²) in [5, 5.41) is 14.9. The van der Waals surface area contributed by atoms with Crippen LogP contribution in [0.4, 0.5) is 14.4 Å². The van der Waals surface area contributed by atoms with Crippen LogP contribution in [0.2, 0.25) is 0 Å². The van der Waals surface area contributed by atoms with Crippen LogP contribution >= 0.6 is 11.3 Å². The molecule has 2 aromatic rings. The maximum atomic E-state index is 13.9. The second-order valence-electron chi connectivity index (χ2n) is 9.39. The number of methoxy groups -OCH3 is 1. The molecule has 12 heteroatoms. The molecular formula is C26H35FN6O4S. The van der Waals surface area contributed by atoms with Gasteiger partial charge in [-0.25, -0.2) is 4.39 Å². The number of carbonyl (C=O) groups is 3. The lowest BCUT2D eigenvalue weighted by Crippen LogP contribution is -2.57. The van der Waals surface area contributed by atoms with E-state index in [1.54, 1.807) is 33.9 Å². The third-order valence-electron chi connectivity index (χ3n) is 5.86. The monoisotopic (exact) mass is 546 g/mol. The van der Waals surface area contributed by atoms with Gasteiger partial charge in [0, 0.05) is 31.4 Å². The van der Waals surface area contributed by atoms with Crippen molar-refractivity contribution in [1.29, 1.82) is 5.41 Å². The summed E-state index contributed by atoms with van der Waals surface area (Å²) in [6, 6.07) is 4.10. The van der Waals surface area contributed by atoms with E-state index in [2.05, 4.69) is 15.8 Å². The van der Waals surface area contributed by atoms with Gasteiger partial charge in [-0.05, 0) is 64.8 Å². The Bertz CT molecular complexity index is 1210. The van der Waals surface area contributed by atoms with E-state index in [9.17, 15) is 18.8 Å². The third kappa shape index (κ3) is 6.94. The van der Waals surface area contributed by atoms with Gasteiger partial charge in [-0.15, -0.1) is 0 Å². The highest BCUT2D eigenvalue weighted by atomic mass is 32.1. The highest BCUT2D eigenvalue weighted by molar-refractivity contribution is 7.20. The molecule has 0 aliphatic carbocycles. The first-order valence-corrected chi connectivity index (χ1v) is 12.8. The molecule has 0 atom stereocenters. The van der Waals surface area contributed by atoms with Gasteiger partial charge in [-0.3, -0.25) is 24.7 Å². The first-order valence-electron chi connectivity index (χ1n) is 11.9. The van der Waals surface area contributed by atoms with Gasteiger partial charge in [0.1, 0.15) is 27.1 Å². The highest BCUT2D eigenvalue weighted by Gasteiger charge is 2.40. The number of rotatable bonds is 13. The Hall–Kier alpha value is -3.80. The SMILES string of the molecule is COc1ccc(F)cc1CCN(C)c1sc(N/N=C\C=N)c(C)c1C(=O)N(C=O)C(C)(C)C(=O)NC(C)C. The van der Waals surface area contributed by atoms with Crippen molar-refractivity contribution >= 4 is 52.0 Å². The predicted octanol–water partition coefficient (Wildman–Crippen LogP) is 3.83. The van der Waals surface area contributed by atoms with Crippen molar-refractivity contribution in [1.82, 2.24) is 10.2 Å². The molecule has 0 radical (unpaired) electrons. The summed E-state index contributed by atoms with van der Waals surface area (Å²) in [5.41, 5.74) is 2.79. The van der Waals surface area contributed by atoms with E-state index in [-0.39, 0.29) is 17.4 Å². The van der Waals surface area contributed by atoms with Crippen molar-refractivity contribution < 1.29 is 23.5 Å². The molecule has 0 bridgehead atoms. The maximum absolute atomic E-state index is 13.9. The number of ether oxygens (including phenoxy) is 1. The number of imide groups is 1. The number of halogens is 1. The van der Waals surface area contributed by atoms with Gasteiger partial charge in [0.25, 0.3) is 5.91 Å². The molecular weight excluding hydrogens is 511 g/mol. The Morgan fingerprint density at radius 3 is 2.58 bits per heavy atom. The molecule has 3 N–H and O–H groups in total. The molecule has 0 aliphatic heterocycles. The number of hydrogen-bond donors (Lipinski definition) is 3. The predicted molar refractivity (Wildman–Crippen MR) is 149 cm³/mol. The molecule has 2 rings (SSSR count). The van der Waals surface area contributed by atoms with Gasteiger partial charge in [-0.1, -0.05) is 11.3 Å². The van der Waals surface area contributed by atoms with Crippen molar-refractivity contribution in [3.63, 3.8) is 0 Å². The van der Waals surface area contributed by atoms with Crippen molar-refractivity contribution in [3.8, 4) is 5.75 Å². The second-order valence-corrected chi connectivity index (χ2v) is 10.4. The normalized spacial score (nSPS) is 11.4. The quantitative estimate of drug-likeness (QED) is 0.199. The number of thiophene rings is 1. The standard InChI is InChI=1S/C26H35FN6O4S/c1-16(2)30-25(36)26(4,5)33(15-34)23(35)21-17(3)22(31-29-12-11-28)38-24(21)32(6)13-10-18-14-19(27)8-9-20(18)37-7/h8-9,11-12,14-16,28,31H,10,13H2,1-7H3,(H,30,36)/b28-11?,29-12-. The first kappa shape index (κ1) is 30.4. The maximum Gasteiger partial charge on any atom is 0.264 e. The fourth-order valence-electron chi connectivity index (χ4n) is 3.69. The van der Waals surface area contributed by atoms with Crippen LogP contribution in [0.1, 0.15) is 49.2 Å². The molecule has 0 aliphatic rings. The molecule has 0 saturated heterocycles. The zero-order chi connectivity index (χ0) is 28.6. The van der Waals surface area contributed by atoms with Crippen LogP contribution in [0.15, 0.2) is 23.3 Å². The summed E-state index contributed by atoms with van der Waals surface area (Å²) in [4.78, 5) is 41.6. The van der Waals surface area contributed by atoms with Crippen molar-refractivity contribution in [2.45, 2.75) is 52.6 Å². The van der Waals surface area contributed by atoms with Gasteiger partial charge in [0.05, 0.1) is 18.9 Å². The zero-order valence-electron chi connectivity index (χ0n) is 22.7. The zero-order valence-corrected chi connectivity index (χ0v) is 23.5. The number of hydrazone groups is 1. The summed E-state index contributed by atoms with van der Waals surface area (Å²) in [6.45, 7) is 8.69. The van der Waals surface area contributed by atoms with E-state index < -0.39 is 17.4 Å². The number of nitrogens with one attached hydrogen (secondary N) is 3. The number of nitrogens with zero attached hydrogens (tertiary/aromatic N) is 3. The average Bonchev–Trinajstić information content (AvgIpc) is 3.18. The highest BCUT2D eigenvalue weighted by Crippen LogP contribution is 2.41. The number of carbonyl (C=O) groups excluding carboxylic acids is 3. The fourth-order valence-corrected chi connectivity index (χ4v) is 4.83. The van der Waals surface area contributed by atoms with E-state index in [0.29, 0.717) is 46.3 Å². The summed E-state index contributed by atoms with van der Waals surface area (Å²) in [7, 11) is 3.29. The van der Waals surface area contributed by atoms with Crippen LogP contribution in [-0.4, -0.2) is 67.8 Å². The largest absolute Gasteiger partial charge is 0.496 e. The molecule has 206 valence electrons. The smallest absolute Gasteiger partial charge is 0.264 e. The van der Waals surface area contributed by atoms with Crippen LogP contribution in [-0.2, 0) is 16.0 Å². The summed E-state index contributed by atoms with van der Waals surface area (Å²) < 4.78 is 19.2. The molecule has 1 aromatic carbocycles. The molecule has 10 nitrogen and oxygen atoms in total. The van der Waals surface area contributed by atoms with E-state index in [4.69, 9.17) is 10.1 Å². The van der Waals surface area contributed by atoms with E-state index in [1.807, 2.05) is 4.90 Å². The molecule has 0 spiro atoms. The van der Waals surface area contributed by atoms with Crippen LogP contribution in [0.5, 0.6) is 5.75 Å². The van der Waals surface area contributed by atoms with Gasteiger partial charge < -0.3 is 20.4 Å². The molecule has 0 fully saturated rings. The minimum Gasteiger partial charge on any atom is -0.496 e. The first-order chi connectivity index (χ1) is 17.9. The number of amides is 3. The van der Waals surface area contributed by atoms with Crippen molar-refractivity contribution in [2.24, 2.45) is 5.10 Å². The fraction of sp³-hybridized carbons (Fsp3) is 0.423. The molecule has 1 heterocycles. The number of likely N-dealkylation sites (N-methyl/N-ethyl adjacent to an activating group) is 1. The molecule has 1 aromatic heterocycles. The molecule has 0 saturated carbocycles. The van der Waals surface area contributed by atoms with E-state index in [0.717, 1.165) is 11.1 Å². The van der Waals surface area contributed by atoms with Gasteiger partial charge >= 0.3 is 0 Å². The average molecular weight is 547 g/mol. The van der Waals surface area contributed by atoms with E-state index >= 15 is 0 Å². The number of anilines is 2. The summed E-state index contributed by atoms with van der Waals surface area (Å²) in [5.74, 6) is -0.952. The van der Waals surface area contributed by atoms with Crippen LogP contribution in [0, 0.1) is 18.2 Å². The molecule has 38 heavy (non-hydrogen) atoms. The van der Waals surface area contributed by atoms with Crippen molar-refractivity contribution in [3.05, 3.63) is 40.7 Å². The van der Waals surface area contributed by atoms with Crippen LogP contribution in [0.25, 0.3) is 0 Å². The summed E-state index contributed by atoms with van der Waals surface area (Å²) in [6.07, 6.45) is 3.03. The Morgan fingerprint density at radius 2 is 2.00 bits per heavy atom. The minimum absolute atomic E-state index is 0.183. The second kappa shape index (κ2) is 13.1. The van der Waals surface area contributed by atoms with Crippen molar-refractivity contribution in [2.75, 3.05) is 31.0 Å². The summed E-state index contributed by atoms with van der Waals surface area (Å²) >= 11 is 1.24. The lowest BCUT2D eigenvalue weighted by atomic mass is 9.99. The Morgan fingerprint density at radius 1 is 1.32 bits per heavy atom. The Labute approximate surface area is 226 Å². The van der Waals surface area contributed by atoms with Crippen LogP contribution in [0.3, 0.4) is 0 Å². The Balaban J connectivity index is 2.50. The van der Waals surface area contributed by atoms with Gasteiger partial charge in [-0.2, -0.15) is 5.10 Å². The Kier molecular flexibility index (Phi) is 10.5. The third-order valence-corrected chi connectivity index (χ3v) is 7.18. The van der Waals surface area contributed by atoms with Gasteiger partial charge in [0.2, 0.25) is 12.3 Å². The minimum atomic E-state index is -1.46.